The highest BCUT2D eigenvalue weighted by molar-refractivity contribution is 7.15. The third-order valence-electron chi connectivity index (χ3n) is 1.97. The molecule has 1 N–H and O–H groups in total. The summed E-state index contributed by atoms with van der Waals surface area (Å²) in [6.45, 7) is 2.66. The second-order valence-corrected chi connectivity index (χ2v) is 4.81. The number of ether oxygens (including phenoxy) is 2. The number of aromatic nitrogens is 1. The fourth-order valence-corrected chi connectivity index (χ4v) is 2.13. The summed E-state index contributed by atoms with van der Waals surface area (Å²) in [6.07, 6.45) is 1.40. The summed E-state index contributed by atoms with van der Waals surface area (Å²) in [5, 5.41) is 4.21. The van der Waals surface area contributed by atoms with E-state index < -0.39 is 0 Å². The van der Waals surface area contributed by atoms with Gasteiger partial charge < -0.3 is 14.8 Å². The smallest absolute Gasteiger partial charge is 0.171 e. The zero-order valence-corrected chi connectivity index (χ0v) is 10.6. The topological polar surface area (TPSA) is 43.4 Å². The predicted molar refractivity (Wildman–Crippen MR) is 61.2 cm³/mol. The lowest BCUT2D eigenvalue weighted by atomic mass is 10.3. The lowest BCUT2D eigenvalue weighted by Crippen LogP contribution is -2.39. The molecule has 0 aromatic carbocycles. The van der Waals surface area contributed by atoms with Crippen LogP contribution in [0.25, 0.3) is 0 Å². The number of nitrogens with zero attached hydrogens (tertiary/aromatic N) is 1. The predicted octanol–water partition coefficient (Wildman–Crippen LogP) is 1.89. The van der Waals surface area contributed by atoms with E-state index in [1.807, 2.05) is 6.92 Å². The highest BCUT2D eigenvalue weighted by Gasteiger charge is 2.15. The lowest BCUT2D eigenvalue weighted by molar-refractivity contribution is -0.119. The van der Waals surface area contributed by atoms with Crippen LogP contribution in [0.15, 0.2) is 6.20 Å². The van der Waals surface area contributed by atoms with Gasteiger partial charge in [-0.05, 0) is 6.92 Å². The van der Waals surface area contributed by atoms with Crippen molar-refractivity contribution >= 4 is 22.9 Å². The van der Waals surface area contributed by atoms with Crippen LogP contribution in [0.1, 0.15) is 11.9 Å². The van der Waals surface area contributed by atoms with Gasteiger partial charge in [0.2, 0.25) is 0 Å². The van der Waals surface area contributed by atoms with Gasteiger partial charge in [-0.25, -0.2) is 4.98 Å². The van der Waals surface area contributed by atoms with E-state index in [0.717, 1.165) is 5.01 Å². The first-order valence-corrected chi connectivity index (χ1v) is 5.76. The molecule has 0 aliphatic rings. The Hall–Kier alpha value is -0.200. The Morgan fingerprint density at radius 3 is 2.67 bits per heavy atom. The summed E-state index contributed by atoms with van der Waals surface area (Å²) in [6, 6.07) is 0.0997. The van der Waals surface area contributed by atoms with Gasteiger partial charge in [0.1, 0.15) is 9.34 Å². The van der Waals surface area contributed by atoms with Crippen LogP contribution in [0.3, 0.4) is 0 Å². The van der Waals surface area contributed by atoms with E-state index >= 15 is 0 Å². The van der Waals surface area contributed by atoms with Crippen molar-refractivity contribution in [2.75, 3.05) is 14.2 Å². The Morgan fingerprint density at radius 2 is 2.20 bits per heavy atom. The highest BCUT2D eigenvalue weighted by atomic mass is 35.5. The Bertz CT molecular complexity index is 291. The fourth-order valence-electron chi connectivity index (χ4n) is 1.22. The minimum absolute atomic E-state index is 0.0997. The number of hydrogen-bond donors (Lipinski definition) is 1. The van der Waals surface area contributed by atoms with Crippen LogP contribution in [0, 0.1) is 0 Å². The monoisotopic (exact) mass is 250 g/mol. The molecule has 1 rings (SSSR count). The van der Waals surface area contributed by atoms with Gasteiger partial charge in [-0.3, -0.25) is 0 Å². The molecule has 0 aliphatic heterocycles. The first kappa shape index (κ1) is 12.9. The number of rotatable bonds is 6. The van der Waals surface area contributed by atoms with E-state index in [4.69, 9.17) is 21.1 Å². The molecule has 0 bridgehead atoms. The van der Waals surface area contributed by atoms with E-state index in [1.165, 1.54) is 11.3 Å². The van der Waals surface area contributed by atoms with E-state index in [9.17, 15) is 0 Å². The largest absolute Gasteiger partial charge is 0.354 e. The fraction of sp³-hybridized carbons (Fsp3) is 0.667. The molecular formula is C9H15ClN2O2S. The SMILES string of the molecule is COC(OC)C(C)NCc1ncc(Cl)s1. The van der Waals surface area contributed by atoms with Crippen molar-refractivity contribution in [3.8, 4) is 0 Å². The second kappa shape index (κ2) is 6.40. The van der Waals surface area contributed by atoms with Crippen LogP contribution >= 0.6 is 22.9 Å². The molecule has 1 atom stereocenters. The van der Waals surface area contributed by atoms with E-state index in [0.29, 0.717) is 10.9 Å². The van der Waals surface area contributed by atoms with Crippen LogP contribution < -0.4 is 5.32 Å². The van der Waals surface area contributed by atoms with E-state index in [1.54, 1.807) is 20.4 Å². The number of methoxy groups -OCH3 is 2. The molecule has 0 radical (unpaired) electrons. The van der Waals surface area contributed by atoms with Crippen molar-refractivity contribution in [3.05, 3.63) is 15.5 Å². The second-order valence-electron chi connectivity index (χ2n) is 3.07. The average molecular weight is 251 g/mol. The molecule has 0 fully saturated rings. The van der Waals surface area contributed by atoms with Crippen LogP contribution in [-0.2, 0) is 16.0 Å². The maximum absolute atomic E-state index is 5.77. The summed E-state index contributed by atoms with van der Waals surface area (Å²) in [5.41, 5.74) is 0. The third-order valence-corrected chi connectivity index (χ3v) is 3.09. The molecule has 1 unspecified atom stereocenters. The zero-order chi connectivity index (χ0) is 11.3. The minimum Gasteiger partial charge on any atom is -0.354 e. The van der Waals surface area contributed by atoms with Crippen LogP contribution in [0.5, 0.6) is 0 Å². The van der Waals surface area contributed by atoms with Gasteiger partial charge in [0.05, 0.1) is 12.2 Å². The van der Waals surface area contributed by atoms with Crippen molar-refractivity contribution < 1.29 is 9.47 Å². The molecule has 0 saturated carbocycles. The molecule has 4 nitrogen and oxygen atoms in total. The third kappa shape index (κ3) is 4.04. The molecule has 0 amide bonds. The average Bonchev–Trinajstić information content (AvgIpc) is 2.63. The van der Waals surface area contributed by atoms with Gasteiger partial charge in [0.25, 0.3) is 0 Å². The van der Waals surface area contributed by atoms with Crippen molar-refractivity contribution in [1.29, 1.82) is 0 Å². The van der Waals surface area contributed by atoms with Crippen molar-refractivity contribution in [2.24, 2.45) is 0 Å². The first-order valence-electron chi connectivity index (χ1n) is 4.56. The molecule has 1 aromatic rings. The molecule has 1 heterocycles. The number of halogens is 1. The minimum atomic E-state index is -0.250. The highest BCUT2D eigenvalue weighted by Crippen LogP contribution is 2.18. The normalized spacial score (nSPS) is 13.4. The Labute approximate surface area is 98.6 Å². The Balaban J connectivity index is 2.36. The standard InChI is InChI=1S/C9H15ClN2O2S/c1-6(9(13-2)14-3)11-5-8-12-4-7(10)15-8/h4,6,9,11H,5H2,1-3H3. The maximum atomic E-state index is 5.77. The van der Waals surface area contributed by atoms with Gasteiger partial charge in [-0.1, -0.05) is 11.6 Å². The van der Waals surface area contributed by atoms with Crippen LogP contribution in [0.4, 0.5) is 0 Å². The first-order chi connectivity index (χ1) is 7.17. The van der Waals surface area contributed by atoms with Crippen LogP contribution in [0.2, 0.25) is 4.34 Å². The van der Waals surface area contributed by atoms with Gasteiger partial charge >= 0.3 is 0 Å². The number of nitrogens with one attached hydrogen (secondary N) is 1. The summed E-state index contributed by atoms with van der Waals surface area (Å²) in [5.74, 6) is 0. The quantitative estimate of drug-likeness (QED) is 0.784. The molecule has 0 saturated heterocycles. The van der Waals surface area contributed by atoms with Crippen molar-refractivity contribution in [1.82, 2.24) is 10.3 Å². The van der Waals surface area contributed by atoms with Crippen LogP contribution in [-0.4, -0.2) is 31.5 Å². The zero-order valence-electron chi connectivity index (χ0n) is 8.99. The summed E-state index contributed by atoms with van der Waals surface area (Å²) in [4.78, 5) is 4.14. The molecular weight excluding hydrogens is 236 g/mol. The number of thiazole rings is 1. The number of hydrogen-bond acceptors (Lipinski definition) is 5. The van der Waals surface area contributed by atoms with E-state index in [2.05, 4.69) is 10.3 Å². The summed E-state index contributed by atoms with van der Waals surface area (Å²) < 4.78 is 11.0. The molecule has 0 spiro atoms. The molecule has 1 aromatic heterocycles. The summed E-state index contributed by atoms with van der Waals surface area (Å²) in [7, 11) is 3.24. The Morgan fingerprint density at radius 1 is 1.53 bits per heavy atom. The van der Waals surface area contributed by atoms with E-state index in [-0.39, 0.29) is 12.3 Å². The lowest BCUT2D eigenvalue weighted by Gasteiger charge is -2.21. The molecule has 0 aliphatic carbocycles. The maximum Gasteiger partial charge on any atom is 0.171 e. The van der Waals surface area contributed by atoms with Gasteiger partial charge in [-0.2, -0.15) is 0 Å². The van der Waals surface area contributed by atoms with Crippen molar-refractivity contribution in [3.63, 3.8) is 0 Å². The molecule has 86 valence electrons. The Kier molecular flexibility index (Phi) is 5.49. The summed E-state index contributed by atoms with van der Waals surface area (Å²) >= 11 is 7.24. The van der Waals surface area contributed by atoms with Crippen molar-refractivity contribution in [2.45, 2.75) is 25.8 Å². The van der Waals surface area contributed by atoms with Gasteiger partial charge in [-0.15, -0.1) is 11.3 Å². The molecule has 6 heteroatoms. The van der Waals surface area contributed by atoms with Gasteiger partial charge in [0.15, 0.2) is 6.29 Å². The molecule has 15 heavy (non-hydrogen) atoms. The van der Waals surface area contributed by atoms with Gasteiger partial charge in [0, 0.05) is 20.8 Å².